The van der Waals surface area contributed by atoms with Gasteiger partial charge in [0.25, 0.3) is 0 Å². The minimum absolute atomic E-state index is 0.00425. The lowest BCUT2D eigenvalue weighted by atomic mass is 9.97. The van der Waals surface area contributed by atoms with E-state index in [0.717, 1.165) is 43.5 Å². The number of aryl methyl sites for hydroxylation is 2. The number of amides is 1. The number of rotatable bonds is 12. The van der Waals surface area contributed by atoms with E-state index in [2.05, 4.69) is 22.8 Å². The van der Waals surface area contributed by atoms with Crippen LogP contribution >= 0.6 is 0 Å². The first-order valence-corrected chi connectivity index (χ1v) is 13.4. The summed E-state index contributed by atoms with van der Waals surface area (Å²) >= 11 is 0. The van der Waals surface area contributed by atoms with E-state index in [1.54, 1.807) is 12.1 Å². The summed E-state index contributed by atoms with van der Waals surface area (Å²) in [6, 6.07) is 24.8. The van der Waals surface area contributed by atoms with Gasteiger partial charge in [-0.1, -0.05) is 66.7 Å². The van der Waals surface area contributed by atoms with Crippen LogP contribution in [0.25, 0.3) is 0 Å². The lowest BCUT2D eigenvalue weighted by Gasteiger charge is -2.23. The predicted molar refractivity (Wildman–Crippen MR) is 151 cm³/mol. The van der Waals surface area contributed by atoms with Gasteiger partial charge in [-0.25, -0.2) is 0 Å². The van der Waals surface area contributed by atoms with Crippen LogP contribution in [0, 0.1) is 0 Å². The van der Waals surface area contributed by atoms with Gasteiger partial charge in [-0.15, -0.1) is 0 Å². The highest BCUT2D eigenvalue weighted by atomic mass is 16.5. The molecule has 3 atom stereocenters. The summed E-state index contributed by atoms with van der Waals surface area (Å²) in [6.45, 7) is 1.82. The van der Waals surface area contributed by atoms with E-state index in [1.807, 2.05) is 54.6 Å². The Morgan fingerprint density at radius 3 is 2.16 bits per heavy atom. The third-order valence-corrected chi connectivity index (χ3v) is 6.98. The van der Waals surface area contributed by atoms with E-state index in [-0.39, 0.29) is 17.7 Å². The van der Waals surface area contributed by atoms with E-state index >= 15 is 0 Å². The normalized spacial score (nSPS) is 16.9. The lowest BCUT2D eigenvalue weighted by Crippen LogP contribution is -2.46. The van der Waals surface area contributed by atoms with Crippen molar-refractivity contribution in [3.05, 3.63) is 101 Å². The van der Waals surface area contributed by atoms with Gasteiger partial charge in [0.05, 0.1) is 12.6 Å². The number of nitrogen functional groups attached to an aromatic ring is 1. The monoisotopic (exact) mass is 514 g/mol. The first-order valence-electron chi connectivity index (χ1n) is 13.4. The fraction of sp³-hybridized carbons (Fsp3) is 0.355. The molecule has 1 heterocycles. The van der Waals surface area contributed by atoms with Crippen molar-refractivity contribution in [3.63, 3.8) is 0 Å². The van der Waals surface area contributed by atoms with Crippen molar-refractivity contribution in [2.45, 2.75) is 50.3 Å². The Labute approximate surface area is 225 Å². The topological polar surface area (TPSA) is 119 Å². The van der Waals surface area contributed by atoms with Crippen molar-refractivity contribution in [2.75, 3.05) is 25.4 Å². The summed E-state index contributed by atoms with van der Waals surface area (Å²) in [6.07, 6.45) is 3.29. The molecule has 0 aromatic heterocycles. The first kappa shape index (κ1) is 27.5. The second-order valence-electron chi connectivity index (χ2n) is 9.95. The molecule has 0 radical (unpaired) electrons. The van der Waals surface area contributed by atoms with Gasteiger partial charge in [-0.2, -0.15) is 0 Å². The maximum absolute atomic E-state index is 13.1. The summed E-state index contributed by atoms with van der Waals surface area (Å²) < 4.78 is 5.57. The van der Waals surface area contributed by atoms with Crippen molar-refractivity contribution >= 4 is 17.4 Å². The average Bonchev–Trinajstić information content (AvgIpc) is 2.96. The second kappa shape index (κ2) is 13.9. The van der Waals surface area contributed by atoms with Crippen LogP contribution in [0.1, 0.15) is 39.9 Å². The van der Waals surface area contributed by atoms with Crippen molar-refractivity contribution in [1.82, 2.24) is 10.6 Å². The van der Waals surface area contributed by atoms with Crippen molar-refractivity contribution in [3.8, 4) is 0 Å². The molecule has 0 bridgehead atoms. The van der Waals surface area contributed by atoms with Crippen molar-refractivity contribution < 1.29 is 14.3 Å². The number of carbonyl (C=O) groups excluding carboxylic acids is 2. The number of ketones is 1. The number of nitrogens with two attached hydrogens (primary N) is 2. The summed E-state index contributed by atoms with van der Waals surface area (Å²) in [4.78, 5) is 25.7. The molecule has 0 saturated carbocycles. The molecule has 3 aromatic carbocycles. The van der Waals surface area contributed by atoms with Crippen LogP contribution in [0.3, 0.4) is 0 Å². The second-order valence-corrected chi connectivity index (χ2v) is 9.95. The predicted octanol–water partition coefficient (Wildman–Crippen LogP) is 3.06. The SMILES string of the molecule is Nc1ccc(CC[C@H](CCc2ccccc2)NC(=O)[C@@H](N)Cc2ccc(C(=O)C3CNCCO3)cc2)cc1. The third kappa shape index (κ3) is 8.25. The summed E-state index contributed by atoms with van der Waals surface area (Å²) in [7, 11) is 0. The Morgan fingerprint density at radius 2 is 1.53 bits per heavy atom. The van der Waals surface area contributed by atoms with E-state index < -0.39 is 12.1 Å². The van der Waals surface area contributed by atoms with Crippen LogP contribution in [0.5, 0.6) is 0 Å². The summed E-state index contributed by atoms with van der Waals surface area (Å²) in [5, 5.41) is 6.37. The van der Waals surface area contributed by atoms with Crippen LogP contribution in [0.2, 0.25) is 0 Å². The van der Waals surface area contributed by atoms with E-state index in [9.17, 15) is 9.59 Å². The van der Waals surface area contributed by atoms with Gasteiger partial charge in [0.1, 0.15) is 6.10 Å². The fourth-order valence-electron chi connectivity index (χ4n) is 4.68. The highest BCUT2D eigenvalue weighted by Gasteiger charge is 2.23. The van der Waals surface area contributed by atoms with Gasteiger partial charge < -0.3 is 26.8 Å². The molecule has 1 amide bonds. The van der Waals surface area contributed by atoms with Gasteiger partial charge in [-0.05, 0) is 60.9 Å². The fourth-order valence-corrected chi connectivity index (χ4v) is 4.68. The zero-order chi connectivity index (χ0) is 26.7. The Morgan fingerprint density at radius 1 is 0.895 bits per heavy atom. The molecule has 4 rings (SSSR count). The molecule has 1 fully saturated rings. The highest BCUT2D eigenvalue weighted by molar-refractivity contribution is 5.99. The molecular formula is C31H38N4O3. The van der Waals surface area contributed by atoms with Gasteiger partial charge in [0.15, 0.2) is 5.78 Å². The molecule has 1 aliphatic heterocycles. The molecule has 1 saturated heterocycles. The Balaban J connectivity index is 1.33. The molecule has 0 spiro atoms. The third-order valence-electron chi connectivity index (χ3n) is 6.98. The number of morpholine rings is 1. The van der Waals surface area contributed by atoms with Crippen LogP contribution in [-0.4, -0.2) is 49.6 Å². The van der Waals surface area contributed by atoms with Gasteiger partial charge in [-0.3, -0.25) is 9.59 Å². The summed E-state index contributed by atoms with van der Waals surface area (Å²) in [5.74, 6) is -0.199. The molecule has 1 unspecified atom stereocenters. The van der Waals surface area contributed by atoms with Crippen LogP contribution in [-0.2, 0) is 28.8 Å². The standard InChI is InChI=1S/C31H38N4O3/c32-26-14-8-23(9-15-26)11-17-27(16-10-22-4-2-1-3-5-22)35-31(37)28(33)20-24-6-12-25(13-7-24)30(36)29-21-34-18-19-38-29/h1-9,12-15,27-29,34H,10-11,16-21,32-33H2,(H,35,37)/t27-,28-,29?/m0/s1. The number of ether oxygens (including phenoxy) is 1. The van der Waals surface area contributed by atoms with E-state index in [1.165, 1.54) is 11.1 Å². The molecule has 7 heteroatoms. The molecule has 1 aliphatic rings. The molecule has 7 nitrogen and oxygen atoms in total. The van der Waals surface area contributed by atoms with Crippen LogP contribution in [0.15, 0.2) is 78.9 Å². The highest BCUT2D eigenvalue weighted by Crippen LogP contribution is 2.15. The number of Topliss-reactive ketones (excluding diaryl/α,β-unsaturated/α-hetero) is 1. The average molecular weight is 515 g/mol. The first-order chi connectivity index (χ1) is 18.5. The number of anilines is 1. The summed E-state index contributed by atoms with van der Waals surface area (Å²) in [5.41, 5.74) is 16.8. The molecule has 38 heavy (non-hydrogen) atoms. The Hall–Kier alpha value is -3.52. The van der Waals surface area contributed by atoms with E-state index in [4.69, 9.17) is 16.2 Å². The van der Waals surface area contributed by atoms with Crippen LogP contribution in [0.4, 0.5) is 5.69 Å². The minimum atomic E-state index is -0.682. The Bertz CT molecular complexity index is 1160. The number of nitrogens with one attached hydrogen (secondary N) is 2. The van der Waals surface area contributed by atoms with Crippen molar-refractivity contribution in [1.29, 1.82) is 0 Å². The maximum atomic E-state index is 13.1. The number of hydrogen-bond acceptors (Lipinski definition) is 6. The van der Waals surface area contributed by atoms with E-state index in [0.29, 0.717) is 25.1 Å². The molecule has 6 N–H and O–H groups in total. The lowest BCUT2D eigenvalue weighted by molar-refractivity contribution is -0.123. The zero-order valence-electron chi connectivity index (χ0n) is 21.8. The number of benzene rings is 3. The van der Waals surface area contributed by atoms with Crippen LogP contribution < -0.4 is 22.1 Å². The maximum Gasteiger partial charge on any atom is 0.237 e. The number of carbonyl (C=O) groups is 2. The van der Waals surface area contributed by atoms with Gasteiger partial charge in [0.2, 0.25) is 5.91 Å². The molecule has 200 valence electrons. The Kier molecular flexibility index (Phi) is 10.0. The molecule has 3 aromatic rings. The smallest absolute Gasteiger partial charge is 0.237 e. The van der Waals surface area contributed by atoms with Gasteiger partial charge in [0, 0.05) is 30.4 Å². The minimum Gasteiger partial charge on any atom is -0.399 e. The quantitative estimate of drug-likeness (QED) is 0.218. The number of hydrogen-bond donors (Lipinski definition) is 4. The zero-order valence-corrected chi connectivity index (χ0v) is 21.8. The largest absolute Gasteiger partial charge is 0.399 e. The van der Waals surface area contributed by atoms with Gasteiger partial charge >= 0.3 is 0 Å². The molecular weight excluding hydrogens is 476 g/mol. The molecule has 0 aliphatic carbocycles. The van der Waals surface area contributed by atoms with Crippen molar-refractivity contribution in [2.24, 2.45) is 5.73 Å².